The van der Waals surface area contributed by atoms with Crippen LogP contribution in [0.25, 0.3) is 0 Å². The molecule has 0 saturated heterocycles. The second-order valence-electron chi connectivity index (χ2n) is 2.71. The summed E-state index contributed by atoms with van der Waals surface area (Å²) in [6.07, 6.45) is 0. The zero-order valence-electron chi connectivity index (χ0n) is 7.04. The van der Waals surface area contributed by atoms with Crippen LogP contribution in [0.15, 0.2) is 6.07 Å². The Morgan fingerprint density at radius 2 is 1.46 bits per heavy atom. The van der Waals surface area contributed by atoms with E-state index >= 15 is 0 Å². The Morgan fingerprint density at radius 1 is 0.923 bits per heavy atom. The minimum absolute atomic E-state index is 0.291. The van der Waals surface area contributed by atoms with Crippen molar-refractivity contribution in [3.63, 3.8) is 0 Å². The van der Waals surface area contributed by atoms with E-state index in [0.29, 0.717) is 20.1 Å². The van der Waals surface area contributed by atoms with Crippen LogP contribution < -0.4 is 4.90 Å². The third-order valence-electron chi connectivity index (χ3n) is 1.57. The van der Waals surface area contributed by atoms with Crippen LogP contribution in [0.5, 0.6) is 0 Å². The fourth-order valence-electron chi connectivity index (χ4n) is 0.886. The monoisotopic (exact) mass is 257 g/mol. The smallest absolute Gasteiger partial charge is 0.0841 e. The fraction of sp³-hybridized carbons (Fsp3) is 0.250. The Kier molecular flexibility index (Phi) is 3.58. The molecule has 0 aliphatic heterocycles. The van der Waals surface area contributed by atoms with Crippen molar-refractivity contribution >= 4 is 52.1 Å². The first-order valence-electron chi connectivity index (χ1n) is 3.45. The van der Waals surface area contributed by atoms with Crippen molar-refractivity contribution < 1.29 is 0 Å². The summed E-state index contributed by atoms with van der Waals surface area (Å²) >= 11 is 23.4. The first-order chi connectivity index (χ1) is 5.95. The summed E-state index contributed by atoms with van der Waals surface area (Å²) in [7, 11) is 3.70. The molecule has 0 spiro atoms. The average Bonchev–Trinajstić information content (AvgIpc) is 2.07. The summed E-state index contributed by atoms with van der Waals surface area (Å²) in [5.74, 6) is 0. The highest BCUT2D eigenvalue weighted by molar-refractivity contribution is 6.52. The first kappa shape index (κ1) is 11.3. The van der Waals surface area contributed by atoms with Crippen molar-refractivity contribution in [3.8, 4) is 0 Å². The lowest BCUT2D eigenvalue weighted by Gasteiger charge is -2.16. The van der Waals surface area contributed by atoms with Crippen molar-refractivity contribution in [1.82, 2.24) is 0 Å². The molecule has 0 saturated carbocycles. The molecule has 0 heterocycles. The van der Waals surface area contributed by atoms with Crippen LogP contribution in [0.1, 0.15) is 0 Å². The highest BCUT2D eigenvalue weighted by atomic mass is 35.5. The minimum Gasteiger partial charge on any atom is -0.376 e. The van der Waals surface area contributed by atoms with E-state index in [0.717, 1.165) is 5.69 Å². The summed E-state index contributed by atoms with van der Waals surface area (Å²) in [4.78, 5) is 1.82. The van der Waals surface area contributed by atoms with Crippen LogP contribution in [0.2, 0.25) is 20.1 Å². The topological polar surface area (TPSA) is 3.24 Å². The Morgan fingerprint density at radius 3 is 1.92 bits per heavy atom. The molecule has 0 fully saturated rings. The van der Waals surface area contributed by atoms with Gasteiger partial charge in [-0.1, -0.05) is 46.4 Å². The molecule has 0 bridgehead atoms. The zero-order valence-corrected chi connectivity index (χ0v) is 10.1. The van der Waals surface area contributed by atoms with Gasteiger partial charge in [-0.25, -0.2) is 0 Å². The maximum atomic E-state index is 5.95. The van der Waals surface area contributed by atoms with Gasteiger partial charge in [-0.05, 0) is 6.07 Å². The summed E-state index contributed by atoms with van der Waals surface area (Å²) < 4.78 is 0. The number of nitrogens with zero attached hydrogens (tertiary/aromatic N) is 1. The highest BCUT2D eigenvalue weighted by Crippen LogP contribution is 2.41. The molecule has 1 rings (SSSR count). The Hall–Kier alpha value is 0.180. The van der Waals surface area contributed by atoms with Gasteiger partial charge in [0.15, 0.2) is 0 Å². The van der Waals surface area contributed by atoms with E-state index < -0.39 is 0 Å². The molecule has 0 unspecified atom stereocenters. The molecular weight excluding hydrogens is 252 g/mol. The summed E-state index contributed by atoms with van der Waals surface area (Å²) in [6.45, 7) is 0. The number of hydrogen-bond acceptors (Lipinski definition) is 1. The van der Waals surface area contributed by atoms with Crippen LogP contribution in [0.3, 0.4) is 0 Å². The van der Waals surface area contributed by atoms with Gasteiger partial charge in [0.25, 0.3) is 0 Å². The van der Waals surface area contributed by atoms with Gasteiger partial charge < -0.3 is 4.90 Å². The molecule has 5 heteroatoms. The van der Waals surface area contributed by atoms with Crippen molar-refractivity contribution in [2.24, 2.45) is 0 Å². The van der Waals surface area contributed by atoms with Gasteiger partial charge in [-0.2, -0.15) is 0 Å². The van der Waals surface area contributed by atoms with Gasteiger partial charge in [0.2, 0.25) is 0 Å². The quantitative estimate of drug-likeness (QED) is 0.534. The number of rotatable bonds is 1. The molecule has 0 aliphatic carbocycles. The van der Waals surface area contributed by atoms with Crippen molar-refractivity contribution in [2.45, 2.75) is 0 Å². The maximum absolute atomic E-state index is 5.95. The summed E-state index contributed by atoms with van der Waals surface area (Å²) in [5.41, 5.74) is 0.751. The van der Waals surface area contributed by atoms with Crippen molar-refractivity contribution in [3.05, 3.63) is 26.2 Å². The van der Waals surface area contributed by atoms with E-state index in [-0.39, 0.29) is 0 Å². The lowest BCUT2D eigenvalue weighted by atomic mass is 10.3. The third-order valence-corrected chi connectivity index (χ3v) is 3.31. The molecule has 1 nitrogen and oxygen atoms in total. The van der Waals surface area contributed by atoms with Crippen LogP contribution in [-0.2, 0) is 0 Å². The number of anilines is 1. The highest BCUT2D eigenvalue weighted by Gasteiger charge is 2.13. The first-order valence-corrected chi connectivity index (χ1v) is 4.96. The van der Waals surface area contributed by atoms with Crippen molar-refractivity contribution in [1.29, 1.82) is 0 Å². The number of hydrogen-bond donors (Lipinski definition) is 0. The Balaban J connectivity index is 3.41. The molecule has 1 aromatic carbocycles. The molecule has 0 atom stereocenters. The molecular formula is C8H7Cl4N. The molecule has 0 radical (unpaired) electrons. The number of halogens is 4. The summed E-state index contributed by atoms with van der Waals surface area (Å²) in [6, 6.07) is 1.68. The molecule has 0 amide bonds. The standard InChI is InChI=1S/C8H7Cl4N/c1-13(2)5-3-4(9)6(10)8(12)7(5)11/h3H,1-2H3. The zero-order chi connectivity index (χ0) is 10.2. The lowest BCUT2D eigenvalue weighted by Crippen LogP contribution is -2.09. The molecule has 13 heavy (non-hydrogen) atoms. The molecule has 72 valence electrons. The maximum Gasteiger partial charge on any atom is 0.0841 e. The van der Waals surface area contributed by atoms with Crippen molar-refractivity contribution in [2.75, 3.05) is 19.0 Å². The van der Waals surface area contributed by atoms with E-state index in [1.54, 1.807) is 6.07 Å². The average molecular weight is 259 g/mol. The van der Waals surface area contributed by atoms with Crippen LogP contribution in [0, 0.1) is 0 Å². The van der Waals surface area contributed by atoms with E-state index in [4.69, 9.17) is 46.4 Å². The van der Waals surface area contributed by atoms with Gasteiger partial charge in [0.05, 0.1) is 25.8 Å². The van der Waals surface area contributed by atoms with E-state index in [1.165, 1.54) is 0 Å². The largest absolute Gasteiger partial charge is 0.376 e. The third kappa shape index (κ3) is 2.16. The van der Waals surface area contributed by atoms with E-state index in [2.05, 4.69) is 0 Å². The predicted molar refractivity (Wildman–Crippen MR) is 60.8 cm³/mol. The Bertz CT molecular complexity index is 335. The second-order valence-corrected chi connectivity index (χ2v) is 4.25. The van der Waals surface area contributed by atoms with Gasteiger partial charge >= 0.3 is 0 Å². The van der Waals surface area contributed by atoms with E-state index in [1.807, 2.05) is 19.0 Å². The molecule has 0 aliphatic rings. The predicted octanol–water partition coefficient (Wildman–Crippen LogP) is 4.37. The van der Waals surface area contributed by atoms with Crippen LogP contribution in [-0.4, -0.2) is 14.1 Å². The van der Waals surface area contributed by atoms with Crippen LogP contribution >= 0.6 is 46.4 Å². The van der Waals surface area contributed by atoms with Gasteiger partial charge in [0.1, 0.15) is 0 Å². The molecule has 0 aromatic heterocycles. The van der Waals surface area contributed by atoms with Gasteiger partial charge in [-0.3, -0.25) is 0 Å². The Labute approximate surface area is 97.1 Å². The van der Waals surface area contributed by atoms with E-state index in [9.17, 15) is 0 Å². The fourth-order valence-corrected chi connectivity index (χ4v) is 1.85. The molecule has 1 aromatic rings. The summed E-state index contributed by atoms with van der Waals surface area (Å²) in [5, 5.41) is 1.40. The van der Waals surface area contributed by atoms with Gasteiger partial charge in [-0.15, -0.1) is 0 Å². The SMILES string of the molecule is CN(C)c1cc(Cl)c(Cl)c(Cl)c1Cl. The minimum atomic E-state index is 0.291. The molecule has 0 N–H and O–H groups in total. The normalized spacial score (nSPS) is 10.3. The number of benzene rings is 1. The van der Waals surface area contributed by atoms with Gasteiger partial charge in [0, 0.05) is 14.1 Å². The second kappa shape index (κ2) is 4.14. The lowest BCUT2D eigenvalue weighted by molar-refractivity contribution is 1.13. The van der Waals surface area contributed by atoms with Crippen LogP contribution in [0.4, 0.5) is 5.69 Å².